The first-order valence-electron chi connectivity index (χ1n) is 15.2. The molecule has 0 radical (unpaired) electrons. The first-order valence-corrected chi connectivity index (χ1v) is 15.2. The van der Waals surface area contributed by atoms with E-state index in [1.807, 2.05) is 13.0 Å². The molecule has 0 unspecified atom stereocenters. The number of aromatic nitrogens is 2. The molecule has 5 heteroatoms. The SMILES string of the molecule is C=Cc1cc2c(Nc3ccc(CCC(/C=C\C)=NCC)c(C)c3)ncnc2cc1CCCCN(CCC)CCC. The lowest BCUT2D eigenvalue weighted by Crippen LogP contribution is -2.26. The molecule has 5 nitrogen and oxygen atoms in total. The third kappa shape index (κ3) is 9.12. The second kappa shape index (κ2) is 16.7. The molecular formula is C35H49N5. The summed E-state index contributed by atoms with van der Waals surface area (Å²) in [4.78, 5) is 16.4. The summed E-state index contributed by atoms with van der Waals surface area (Å²) in [5.41, 5.74) is 8.26. The molecule has 1 N–H and O–H groups in total. The van der Waals surface area contributed by atoms with Crippen LogP contribution in [0.15, 0.2) is 60.4 Å². The molecule has 0 atom stereocenters. The predicted molar refractivity (Wildman–Crippen MR) is 175 cm³/mol. The number of unbranched alkanes of at least 4 members (excludes halogenated alkanes) is 1. The smallest absolute Gasteiger partial charge is 0.141 e. The summed E-state index contributed by atoms with van der Waals surface area (Å²) < 4.78 is 0. The highest BCUT2D eigenvalue weighted by Gasteiger charge is 2.11. The molecule has 3 aromatic rings. The van der Waals surface area contributed by atoms with Gasteiger partial charge in [0.2, 0.25) is 0 Å². The summed E-state index contributed by atoms with van der Waals surface area (Å²) in [7, 11) is 0. The number of anilines is 2. The van der Waals surface area contributed by atoms with Crippen molar-refractivity contribution in [2.45, 2.75) is 79.6 Å². The molecule has 1 heterocycles. The highest BCUT2D eigenvalue weighted by molar-refractivity contribution is 5.95. The summed E-state index contributed by atoms with van der Waals surface area (Å²) >= 11 is 0. The first-order chi connectivity index (χ1) is 19.5. The zero-order valence-electron chi connectivity index (χ0n) is 25.5. The standard InChI is InChI=1S/C35H49N5/c1-7-14-31(36-11-5)18-16-29-17-19-32(23-27(29)6)39-35-33-24-28(10-4)30(25-34(33)37-26-38-35)15-12-13-22-40(20-8-2)21-9-3/h7,10,14,17,19,23-26H,4,8-9,11-13,15-16,18,20-22H2,1-3,5-6H3,(H,37,38,39)/b14-7-,36-31?. The Hall–Kier alpha value is -3.31. The quantitative estimate of drug-likeness (QED) is 0.138. The molecule has 3 rings (SSSR count). The summed E-state index contributed by atoms with van der Waals surface area (Å²) in [6, 6.07) is 11.0. The molecule has 2 aromatic carbocycles. The minimum absolute atomic E-state index is 0.820. The number of hydrogen-bond donors (Lipinski definition) is 1. The number of rotatable bonds is 17. The Balaban J connectivity index is 1.71. The van der Waals surface area contributed by atoms with Gasteiger partial charge in [0, 0.05) is 23.3 Å². The van der Waals surface area contributed by atoms with Crippen molar-refractivity contribution in [3.05, 3.63) is 77.6 Å². The molecule has 0 aliphatic rings. The second-order valence-electron chi connectivity index (χ2n) is 10.5. The van der Waals surface area contributed by atoms with Crippen molar-refractivity contribution >= 4 is 34.2 Å². The Bertz CT molecular complexity index is 1280. The molecule has 214 valence electrons. The molecule has 0 fully saturated rings. The maximum Gasteiger partial charge on any atom is 0.141 e. The normalized spacial score (nSPS) is 12.1. The van der Waals surface area contributed by atoms with Gasteiger partial charge in [-0.25, -0.2) is 9.97 Å². The Morgan fingerprint density at radius 3 is 2.45 bits per heavy atom. The number of aryl methyl sites for hydroxylation is 3. The number of hydrogen-bond acceptors (Lipinski definition) is 5. The minimum atomic E-state index is 0.820. The third-order valence-electron chi connectivity index (χ3n) is 7.34. The molecular weight excluding hydrogens is 490 g/mol. The molecule has 0 spiro atoms. The van der Waals surface area contributed by atoms with Crippen molar-refractivity contribution in [2.24, 2.45) is 4.99 Å². The number of allylic oxidation sites excluding steroid dienone is 2. The molecule has 0 aliphatic carbocycles. The van der Waals surface area contributed by atoms with Crippen molar-refractivity contribution in [2.75, 3.05) is 31.5 Å². The van der Waals surface area contributed by atoms with Gasteiger partial charge in [0.1, 0.15) is 12.1 Å². The predicted octanol–water partition coefficient (Wildman–Crippen LogP) is 8.74. The summed E-state index contributed by atoms with van der Waals surface area (Å²) in [5.74, 6) is 0.826. The fourth-order valence-electron chi connectivity index (χ4n) is 5.35. The molecule has 0 saturated carbocycles. The van der Waals surface area contributed by atoms with Crippen LogP contribution in [0.4, 0.5) is 11.5 Å². The van der Waals surface area contributed by atoms with Crippen LogP contribution in [0, 0.1) is 6.92 Å². The van der Waals surface area contributed by atoms with E-state index in [1.54, 1.807) is 6.33 Å². The van der Waals surface area contributed by atoms with Crippen LogP contribution in [0.3, 0.4) is 0 Å². The lowest BCUT2D eigenvalue weighted by Gasteiger charge is -2.20. The van der Waals surface area contributed by atoms with Gasteiger partial charge in [-0.15, -0.1) is 0 Å². The molecule has 0 amide bonds. The zero-order valence-corrected chi connectivity index (χ0v) is 25.5. The second-order valence-corrected chi connectivity index (χ2v) is 10.5. The van der Waals surface area contributed by atoms with Crippen LogP contribution < -0.4 is 5.32 Å². The number of nitrogens with zero attached hydrogens (tertiary/aromatic N) is 4. The third-order valence-corrected chi connectivity index (χ3v) is 7.34. The van der Waals surface area contributed by atoms with E-state index in [-0.39, 0.29) is 0 Å². The summed E-state index contributed by atoms with van der Waals surface area (Å²) in [6.45, 7) is 19.3. The lowest BCUT2D eigenvalue weighted by atomic mass is 9.99. The fraction of sp³-hybridized carbons (Fsp3) is 0.457. The summed E-state index contributed by atoms with van der Waals surface area (Å²) in [5, 5.41) is 4.57. The van der Waals surface area contributed by atoms with Gasteiger partial charge in [0.15, 0.2) is 0 Å². The van der Waals surface area contributed by atoms with E-state index in [9.17, 15) is 0 Å². The average molecular weight is 540 g/mol. The highest BCUT2D eigenvalue weighted by atomic mass is 15.1. The van der Waals surface area contributed by atoms with E-state index >= 15 is 0 Å². The van der Waals surface area contributed by atoms with Crippen molar-refractivity contribution < 1.29 is 0 Å². The van der Waals surface area contributed by atoms with E-state index in [0.717, 1.165) is 53.9 Å². The van der Waals surface area contributed by atoms with Gasteiger partial charge in [-0.3, -0.25) is 4.99 Å². The monoisotopic (exact) mass is 539 g/mol. The summed E-state index contributed by atoms with van der Waals surface area (Å²) in [6.07, 6.45) is 15.6. The number of nitrogens with one attached hydrogen (secondary N) is 1. The zero-order chi connectivity index (χ0) is 28.7. The van der Waals surface area contributed by atoms with Crippen molar-refractivity contribution in [1.82, 2.24) is 14.9 Å². The van der Waals surface area contributed by atoms with E-state index in [2.05, 4.69) is 102 Å². The highest BCUT2D eigenvalue weighted by Crippen LogP contribution is 2.28. The Morgan fingerprint density at radius 2 is 1.77 bits per heavy atom. The topological polar surface area (TPSA) is 53.4 Å². The average Bonchev–Trinajstić information content (AvgIpc) is 2.95. The van der Waals surface area contributed by atoms with Crippen LogP contribution in [0.2, 0.25) is 0 Å². The Labute approximate surface area is 242 Å². The number of benzene rings is 2. The van der Waals surface area contributed by atoms with Crippen molar-refractivity contribution in [3.63, 3.8) is 0 Å². The van der Waals surface area contributed by atoms with Crippen molar-refractivity contribution in [3.8, 4) is 0 Å². The maximum atomic E-state index is 4.62. The molecule has 0 saturated heterocycles. The van der Waals surface area contributed by atoms with Gasteiger partial charge < -0.3 is 10.2 Å². The van der Waals surface area contributed by atoms with Crippen LogP contribution in [-0.4, -0.2) is 46.8 Å². The van der Waals surface area contributed by atoms with Gasteiger partial charge in [-0.1, -0.05) is 38.6 Å². The first kappa shape index (κ1) is 31.2. The van der Waals surface area contributed by atoms with Gasteiger partial charge >= 0.3 is 0 Å². The lowest BCUT2D eigenvalue weighted by molar-refractivity contribution is 0.269. The molecule has 0 bridgehead atoms. The van der Waals surface area contributed by atoms with Gasteiger partial charge in [0.05, 0.1) is 5.52 Å². The van der Waals surface area contributed by atoms with E-state index < -0.39 is 0 Å². The number of fused-ring (bicyclic) bond motifs is 1. The molecule has 0 aliphatic heterocycles. The number of aliphatic imine (C=N–C) groups is 1. The van der Waals surface area contributed by atoms with Crippen LogP contribution in [-0.2, 0) is 12.8 Å². The van der Waals surface area contributed by atoms with Crippen LogP contribution in [0.25, 0.3) is 17.0 Å². The van der Waals surface area contributed by atoms with Gasteiger partial charge in [-0.05, 0) is 138 Å². The van der Waals surface area contributed by atoms with E-state index in [4.69, 9.17) is 0 Å². The molecule has 40 heavy (non-hydrogen) atoms. The van der Waals surface area contributed by atoms with Gasteiger partial charge in [0.25, 0.3) is 0 Å². The van der Waals surface area contributed by atoms with Crippen molar-refractivity contribution in [1.29, 1.82) is 0 Å². The largest absolute Gasteiger partial charge is 0.340 e. The fourth-order valence-corrected chi connectivity index (χ4v) is 5.35. The van der Waals surface area contributed by atoms with E-state index in [1.165, 1.54) is 67.6 Å². The minimum Gasteiger partial charge on any atom is -0.340 e. The van der Waals surface area contributed by atoms with Gasteiger partial charge in [-0.2, -0.15) is 0 Å². The van der Waals surface area contributed by atoms with Crippen LogP contribution >= 0.6 is 0 Å². The maximum absolute atomic E-state index is 4.62. The Kier molecular flexibility index (Phi) is 13.0. The van der Waals surface area contributed by atoms with E-state index in [0.29, 0.717) is 0 Å². The molecule has 1 aromatic heterocycles. The van der Waals surface area contributed by atoms with Crippen LogP contribution in [0.1, 0.15) is 82.1 Å². The van der Waals surface area contributed by atoms with Crippen LogP contribution in [0.5, 0.6) is 0 Å². The Morgan fingerprint density at radius 1 is 0.975 bits per heavy atom.